The Bertz CT molecular complexity index is 1020. The Morgan fingerprint density at radius 2 is 1.97 bits per heavy atom. The van der Waals surface area contributed by atoms with Gasteiger partial charge in [0.2, 0.25) is 0 Å². The monoisotopic (exact) mass is 448 g/mol. The van der Waals surface area contributed by atoms with Gasteiger partial charge in [0.15, 0.2) is 6.29 Å². The average molecular weight is 449 g/mol. The van der Waals surface area contributed by atoms with Gasteiger partial charge in [0.05, 0.1) is 16.4 Å². The summed E-state index contributed by atoms with van der Waals surface area (Å²) in [5, 5.41) is 9.75. The molecule has 0 bridgehead atoms. The van der Waals surface area contributed by atoms with Gasteiger partial charge in [-0.1, -0.05) is 36.0 Å². The quantitative estimate of drug-likeness (QED) is 0.459. The van der Waals surface area contributed by atoms with Crippen LogP contribution in [0.1, 0.15) is 16.9 Å². The first-order valence-corrected chi connectivity index (χ1v) is 10.6. The number of carbonyl (C=O) groups is 1. The number of benzene rings is 2. The molecule has 0 saturated heterocycles. The largest absolute Gasteiger partial charge is 0.465 e. The molecule has 3 aromatic rings. The van der Waals surface area contributed by atoms with Gasteiger partial charge >= 0.3 is 6.09 Å². The van der Waals surface area contributed by atoms with Crippen LogP contribution in [0.2, 0.25) is 0 Å². The van der Waals surface area contributed by atoms with Crippen LogP contribution >= 0.6 is 23.1 Å². The van der Waals surface area contributed by atoms with Gasteiger partial charge < -0.3 is 19.5 Å². The Morgan fingerprint density at radius 3 is 2.63 bits per heavy atom. The standard InChI is InChI=1S/C21H21FN2O4S2/c1-24(21(25)26)12-17-23-18(15-9-4-5-10-16(15)22)20(30-17)29-14-8-6-7-13(11-14)19(27-2)28-3/h4-11,19H,12H2,1-3H3,(H,25,26). The molecule has 1 heterocycles. The third kappa shape index (κ3) is 5.17. The number of nitrogens with zero attached hydrogens (tertiary/aromatic N) is 2. The van der Waals surface area contributed by atoms with Crippen LogP contribution in [0.3, 0.4) is 0 Å². The second-order valence-electron chi connectivity index (χ2n) is 6.34. The van der Waals surface area contributed by atoms with E-state index in [9.17, 15) is 9.18 Å². The fourth-order valence-corrected chi connectivity index (χ4v) is 5.19. The molecule has 0 saturated carbocycles. The molecule has 158 valence electrons. The zero-order chi connectivity index (χ0) is 21.7. The third-order valence-electron chi connectivity index (χ3n) is 4.24. The SMILES string of the molecule is COC(OC)c1cccc(Sc2sc(CN(C)C(=O)O)nc2-c2ccccc2F)c1. The summed E-state index contributed by atoms with van der Waals surface area (Å²) >= 11 is 2.79. The van der Waals surface area contributed by atoms with Gasteiger partial charge in [0.25, 0.3) is 0 Å². The Balaban J connectivity index is 1.99. The number of hydrogen-bond acceptors (Lipinski definition) is 6. The molecule has 0 aliphatic carbocycles. The number of carboxylic acid groups (broad SMARTS) is 1. The lowest BCUT2D eigenvalue weighted by Crippen LogP contribution is -2.23. The van der Waals surface area contributed by atoms with E-state index in [-0.39, 0.29) is 12.4 Å². The van der Waals surface area contributed by atoms with Crippen LogP contribution < -0.4 is 0 Å². The molecule has 0 atom stereocenters. The first-order chi connectivity index (χ1) is 14.4. The van der Waals surface area contributed by atoms with E-state index in [1.54, 1.807) is 32.4 Å². The molecule has 0 unspecified atom stereocenters. The number of hydrogen-bond donors (Lipinski definition) is 1. The normalized spacial score (nSPS) is 11.1. The second-order valence-corrected chi connectivity index (χ2v) is 8.77. The van der Waals surface area contributed by atoms with E-state index in [0.717, 1.165) is 19.6 Å². The van der Waals surface area contributed by atoms with Crippen molar-refractivity contribution in [2.24, 2.45) is 0 Å². The fourth-order valence-electron chi connectivity index (χ4n) is 2.78. The molecular weight excluding hydrogens is 427 g/mol. The van der Waals surface area contributed by atoms with Crippen molar-refractivity contribution >= 4 is 29.2 Å². The number of methoxy groups -OCH3 is 2. The predicted octanol–water partition coefficient (Wildman–Crippen LogP) is 5.50. The first-order valence-electron chi connectivity index (χ1n) is 8.95. The highest BCUT2D eigenvalue weighted by Gasteiger charge is 2.20. The molecule has 3 rings (SSSR count). The van der Waals surface area contributed by atoms with E-state index < -0.39 is 12.4 Å². The minimum Gasteiger partial charge on any atom is -0.465 e. The van der Waals surface area contributed by atoms with E-state index in [0.29, 0.717) is 16.3 Å². The van der Waals surface area contributed by atoms with Crippen LogP contribution in [-0.2, 0) is 16.0 Å². The lowest BCUT2D eigenvalue weighted by Gasteiger charge is -2.14. The molecule has 0 aliphatic heterocycles. The maximum Gasteiger partial charge on any atom is 0.407 e. The van der Waals surface area contributed by atoms with Crippen LogP contribution in [0, 0.1) is 5.82 Å². The van der Waals surface area contributed by atoms with Gasteiger partial charge in [-0.3, -0.25) is 0 Å². The number of halogens is 1. The maximum atomic E-state index is 14.5. The van der Waals surface area contributed by atoms with Crippen molar-refractivity contribution in [1.82, 2.24) is 9.88 Å². The number of rotatable bonds is 8. The Labute approximate surface area is 182 Å². The summed E-state index contributed by atoms with van der Waals surface area (Å²) in [5.74, 6) is -0.379. The summed E-state index contributed by atoms with van der Waals surface area (Å²) in [4.78, 5) is 17.8. The Kier molecular flexibility index (Phi) is 7.43. The molecule has 6 nitrogen and oxygen atoms in total. The topological polar surface area (TPSA) is 71.9 Å². The average Bonchev–Trinajstić information content (AvgIpc) is 3.11. The van der Waals surface area contributed by atoms with Crippen LogP contribution in [0.25, 0.3) is 11.3 Å². The molecule has 1 amide bonds. The molecule has 0 radical (unpaired) electrons. The van der Waals surface area contributed by atoms with Crippen molar-refractivity contribution in [2.75, 3.05) is 21.3 Å². The number of aromatic nitrogens is 1. The summed E-state index contributed by atoms with van der Waals surface area (Å²) in [7, 11) is 4.61. The molecule has 1 aromatic heterocycles. The first kappa shape index (κ1) is 22.2. The molecule has 0 aliphatic rings. The zero-order valence-corrected chi connectivity index (χ0v) is 18.3. The highest BCUT2D eigenvalue weighted by molar-refractivity contribution is 8.01. The maximum absolute atomic E-state index is 14.5. The summed E-state index contributed by atoms with van der Waals surface area (Å²) in [5.41, 5.74) is 1.73. The van der Waals surface area contributed by atoms with Gasteiger partial charge in [-0.25, -0.2) is 14.2 Å². The van der Waals surface area contributed by atoms with Crippen LogP contribution in [0.15, 0.2) is 57.6 Å². The molecule has 0 spiro atoms. The zero-order valence-electron chi connectivity index (χ0n) is 16.7. The smallest absolute Gasteiger partial charge is 0.407 e. The molecule has 9 heteroatoms. The number of thiazole rings is 1. The van der Waals surface area contributed by atoms with E-state index in [1.165, 1.54) is 36.2 Å². The van der Waals surface area contributed by atoms with Crippen LogP contribution in [0.4, 0.5) is 9.18 Å². The third-order valence-corrected chi connectivity index (χ3v) is 6.44. The second kappa shape index (κ2) is 10.0. The van der Waals surface area contributed by atoms with E-state index in [4.69, 9.17) is 14.6 Å². The van der Waals surface area contributed by atoms with Crippen LogP contribution in [-0.4, -0.2) is 42.4 Å². The summed E-state index contributed by atoms with van der Waals surface area (Å²) in [6.45, 7) is 0.122. The van der Waals surface area contributed by atoms with Crippen molar-refractivity contribution < 1.29 is 23.8 Å². The summed E-state index contributed by atoms with van der Waals surface area (Å²) < 4.78 is 25.9. The highest BCUT2D eigenvalue weighted by Crippen LogP contribution is 2.41. The van der Waals surface area contributed by atoms with Gasteiger partial charge in [-0.2, -0.15) is 0 Å². The summed E-state index contributed by atoms with van der Waals surface area (Å²) in [6.07, 6.45) is -1.54. The number of amides is 1. The predicted molar refractivity (Wildman–Crippen MR) is 114 cm³/mol. The Hall–Kier alpha value is -2.46. The fraction of sp³-hybridized carbons (Fsp3) is 0.238. The van der Waals surface area contributed by atoms with Gasteiger partial charge in [-0.15, -0.1) is 11.3 Å². The Morgan fingerprint density at radius 1 is 1.23 bits per heavy atom. The van der Waals surface area contributed by atoms with E-state index >= 15 is 0 Å². The van der Waals surface area contributed by atoms with Crippen molar-refractivity contribution in [3.8, 4) is 11.3 Å². The van der Waals surface area contributed by atoms with E-state index in [1.807, 2.05) is 24.3 Å². The van der Waals surface area contributed by atoms with Gasteiger partial charge in [0, 0.05) is 37.3 Å². The number of ether oxygens (including phenoxy) is 2. The van der Waals surface area contributed by atoms with Crippen molar-refractivity contribution in [3.63, 3.8) is 0 Å². The lowest BCUT2D eigenvalue weighted by molar-refractivity contribution is -0.106. The van der Waals surface area contributed by atoms with Gasteiger partial charge in [0.1, 0.15) is 10.8 Å². The molecule has 30 heavy (non-hydrogen) atoms. The molecule has 2 aromatic carbocycles. The van der Waals surface area contributed by atoms with Crippen molar-refractivity contribution in [2.45, 2.75) is 21.9 Å². The minimum atomic E-state index is -1.05. The van der Waals surface area contributed by atoms with Crippen molar-refractivity contribution in [1.29, 1.82) is 0 Å². The highest BCUT2D eigenvalue weighted by atomic mass is 32.2. The molecule has 1 N–H and O–H groups in total. The van der Waals surface area contributed by atoms with Gasteiger partial charge in [-0.05, 0) is 24.3 Å². The molecule has 0 fully saturated rings. The summed E-state index contributed by atoms with van der Waals surface area (Å²) in [6, 6.07) is 14.1. The molecular formula is C21H21FN2O4S2. The van der Waals surface area contributed by atoms with E-state index in [2.05, 4.69) is 4.98 Å². The van der Waals surface area contributed by atoms with Crippen LogP contribution in [0.5, 0.6) is 0 Å². The minimum absolute atomic E-state index is 0.122. The van der Waals surface area contributed by atoms with Crippen molar-refractivity contribution in [3.05, 3.63) is 64.9 Å². The lowest BCUT2D eigenvalue weighted by atomic mass is 10.1.